The molecule has 0 aliphatic carbocycles. The fourth-order valence-electron chi connectivity index (χ4n) is 4.89. The lowest BCUT2D eigenvalue weighted by Gasteiger charge is -2.19. The summed E-state index contributed by atoms with van der Waals surface area (Å²) in [6.07, 6.45) is 17.2. The zero-order valence-electron chi connectivity index (χ0n) is 27.9. The van der Waals surface area contributed by atoms with Gasteiger partial charge < -0.3 is 15.5 Å². The first-order valence-corrected chi connectivity index (χ1v) is 16.6. The van der Waals surface area contributed by atoms with Crippen molar-refractivity contribution in [3.63, 3.8) is 0 Å². The van der Waals surface area contributed by atoms with E-state index < -0.39 is 0 Å². The number of hydrogen-bond acceptors (Lipinski definition) is 3. The smallest absolute Gasteiger partial charge is 0.0408 e. The summed E-state index contributed by atoms with van der Waals surface area (Å²) in [5, 5.41) is 6.19. The van der Waals surface area contributed by atoms with Gasteiger partial charge in [-0.15, -0.1) is 0 Å². The van der Waals surface area contributed by atoms with E-state index in [1.54, 1.807) is 0 Å². The number of unbranched alkanes of at least 4 members (excludes halogenated alkanes) is 9. The fourth-order valence-corrected chi connectivity index (χ4v) is 4.89. The maximum Gasteiger partial charge on any atom is 0.0408 e. The van der Waals surface area contributed by atoms with E-state index in [1.807, 2.05) is 68.7 Å². The summed E-state index contributed by atoms with van der Waals surface area (Å²) in [7, 11) is 5.95. The molecule has 0 aliphatic rings. The van der Waals surface area contributed by atoms with Gasteiger partial charge in [-0.3, -0.25) is 0 Å². The second-order valence-corrected chi connectivity index (χ2v) is 11.2. The molecule has 3 heteroatoms. The van der Waals surface area contributed by atoms with Crippen molar-refractivity contribution < 1.29 is 0 Å². The lowest BCUT2D eigenvalue weighted by atomic mass is 10.0. The number of benzene rings is 4. The first-order chi connectivity index (χ1) is 21.6. The topological polar surface area (TPSA) is 27.3 Å². The quantitative estimate of drug-likeness (QED) is 0.127. The second kappa shape index (κ2) is 23.5. The summed E-state index contributed by atoms with van der Waals surface area (Å²) in [6.45, 7) is 6.03. The predicted octanol–water partition coefficient (Wildman–Crippen LogP) is 12.0. The molecule has 0 heterocycles. The number of para-hydroxylation sites is 2. The average molecular weight is 592 g/mol. The van der Waals surface area contributed by atoms with Gasteiger partial charge in [-0.2, -0.15) is 0 Å². The van der Waals surface area contributed by atoms with Gasteiger partial charge in [-0.25, -0.2) is 0 Å². The molecule has 0 atom stereocenters. The standard InChI is InChI=1S/C19H33N.C15H15N.C7H9N/c1-3-4-5-6-7-8-9-10-11-12-13-18-14-16-19(20-2)17-15-18;1-3-13-9-11-15(12-10-13)16(2)14-7-5-4-6-8-14;1-8-7-5-3-2-4-6-7/h14-17,20H,3-13H2,1-2H3;3-12H,1H2,2H3;2-6,8H,1H3. The van der Waals surface area contributed by atoms with Gasteiger partial charge in [0.25, 0.3) is 0 Å². The Morgan fingerprint density at radius 2 is 1.00 bits per heavy atom. The number of nitrogens with zero attached hydrogens (tertiary/aromatic N) is 1. The summed E-state index contributed by atoms with van der Waals surface area (Å²) in [5.41, 5.74) is 7.35. The van der Waals surface area contributed by atoms with Crippen molar-refractivity contribution in [2.75, 3.05) is 36.7 Å². The van der Waals surface area contributed by atoms with Crippen LogP contribution in [0.3, 0.4) is 0 Å². The third-order valence-electron chi connectivity index (χ3n) is 7.78. The van der Waals surface area contributed by atoms with Crippen LogP contribution in [-0.4, -0.2) is 21.1 Å². The third-order valence-corrected chi connectivity index (χ3v) is 7.78. The Morgan fingerprint density at radius 3 is 1.48 bits per heavy atom. The molecule has 0 spiro atoms. The largest absolute Gasteiger partial charge is 0.388 e. The molecular formula is C41H57N3. The molecule has 0 fully saturated rings. The van der Waals surface area contributed by atoms with Crippen LogP contribution in [0.15, 0.2) is 116 Å². The van der Waals surface area contributed by atoms with E-state index in [-0.39, 0.29) is 0 Å². The maximum absolute atomic E-state index is 3.75. The highest BCUT2D eigenvalue weighted by atomic mass is 15.1. The molecule has 0 unspecified atom stereocenters. The molecule has 236 valence electrons. The molecule has 4 aromatic rings. The van der Waals surface area contributed by atoms with Gasteiger partial charge in [0.2, 0.25) is 0 Å². The van der Waals surface area contributed by atoms with Crippen molar-refractivity contribution in [1.82, 2.24) is 0 Å². The number of rotatable bonds is 16. The molecule has 2 N–H and O–H groups in total. The average Bonchev–Trinajstić information content (AvgIpc) is 3.10. The normalized spacial score (nSPS) is 10.0. The molecular weight excluding hydrogens is 534 g/mol. The van der Waals surface area contributed by atoms with Gasteiger partial charge in [-0.05, 0) is 72.5 Å². The molecule has 3 nitrogen and oxygen atoms in total. The first kappa shape index (κ1) is 36.2. The highest BCUT2D eigenvalue weighted by Crippen LogP contribution is 2.23. The minimum Gasteiger partial charge on any atom is -0.388 e. The second-order valence-electron chi connectivity index (χ2n) is 11.2. The number of nitrogens with one attached hydrogen (secondary N) is 2. The Hall–Kier alpha value is -3.98. The number of aryl methyl sites for hydroxylation is 1. The van der Waals surface area contributed by atoms with Crippen molar-refractivity contribution in [2.24, 2.45) is 0 Å². The van der Waals surface area contributed by atoms with Crippen molar-refractivity contribution in [3.8, 4) is 0 Å². The van der Waals surface area contributed by atoms with Gasteiger partial charge in [0, 0.05) is 43.9 Å². The van der Waals surface area contributed by atoms with Crippen LogP contribution in [0.4, 0.5) is 22.7 Å². The summed E-state index contributed by atoms with van der Waals surface area (Å²) in [6, 6.07) is 37.6. The zero-order chi connectivity index (χ0) is 31.7. The molecule has 4 aromatic carbocycles. The summed E-state index contributed by atoms with van der Waals surface area (Å²) >= 11 is 0. The molecule has 0 aromatic heterocycles. The number of anilines is 4. The van der Waals surface area contributed by atoms with Crippen LogP contribution >= 0.6 is 0 Å². The van der Waals surface area contributed by atoms with E-state index in [9.17, 15) is 0 Å². The van der Waals surface area contributed by atoms with Crippen LogP contribution in [0.25, 0.3) is 6.08 Å². The van der Waals surface area contributed by atoms with Crippen molar-refractivity contribution in [2.45, 2.75) is 77.6 Å². The van der Waals surface area contributed by atoms with E-state index in [2.05, 4.69) is 96.7 Å². The van der Waals surface area contributed by atoms with E-state index in [4.69, 9.17) is 0 Å². The highest BCUT2D eigenvalue weighted by molar-refractivity contribution is 5.64. The van der Waals surface area contributed by atoms with Crippen LogP contribution in [-0.2, 0) is 6.42 Å². The Kier molecular flexibility index (Phi) is 19.3. The van der Waals surface area contributed by atoms with Crippen LogP contribution in [0, 0.1) is 0 Å². The summed E-state index contributed by atoms with van der Waals surface area (Å²) in [4.78, 5) is 2.16. The molecule has 0 radical (unpaired) electrons. The van der Waals surface area contributed by atoms with E-state index in [1.165, 1.54) is 93.3 Å². The zero-order valence-corrected chi connectivity index (χ0v) is 27.9. The summed E-state index contributed by atoms with van der Waals surface area (Å²) in [5.74, 6) is 0. The molecule has 0 aliphatic heterocycles. The minimum atomic E-state index is 1.14. The van der Waals surface area contributed by atoms with Crippen LogP contribution in [0.1, 0.15) is 82.3 Å². The Balaban J connectivity index is 0.000000249. The highest BCUT2D eigenvalue weighted by Gasteiger charge is 2.02. The van der Waals surface area contributed by atoms with Gasteiger partial charge in [0.1, 0.15) is 0 Å². The van der Waals surface area contributed by atoms with Gasteiger partial charge in [0.05, 0.1) is 0 Å². The van der Waals surface area contributed by atoms with Crippen LogP contribution in [0.2, 0.25) is 0 Å². The Bertz CT molecular complexity index is 1220. The Morgan fingerprint density at radius 1 is 0.545 bits per heavy atom. The van der Waals surface area contributed by atoms with E-state index in [0.29, 0.717) is 0 Å². The molecule has 44 heavy (non-hydrogen) atoms. The SMILES string of the molecule is C=Cc1ccc(N(C)c2ccccc2)cc1.CCCCCCCCCCCCc1ccc(NC)cc1.CNc1ccccc1. The van der Waals surface area contributed by atoms with Crippen molar-refractivity contribution in [3.05, 3.63) is 127 Å². The fraction of sp³-hybridized carbons (Fsp3) is 0.366. The van der Waals surface area contributed by atoms with Gasteiger partial charge in [-0.1, -0.05) is 138 Å². The maximum atomic E-state index is 3.75. The molecule has 0 saturated carbocycles. The lowest BCUT2D eigenvalue weighted by Crippen LogP contribution is -2.08. The molecule has 0 amide bonds. The molecule has 0 saturated heterocycles. The van der Waals surface area contributed by atoms with Crippen LogP contribution in [0.5, 0.6) is 0 Å². The molecule has 0 bridgehead atoms. The monoisotopic (exact) mass is 591 g/mol. The Labute approximate surface area is 269 Å². The summed E-state index contributed by atoms with van der Waals surface area (Å²) < 4.78 is 0. The van der Waals surface area contributed by atoms with Gasteiger partial charge >= 0.3 is 0 Å². The van der Waals surface area contributed by atoms with Crippen LogP contribution < -0.4 is 15.5 Å². The third kappa shape index (κ3) is 15.5. The van der Waals surface area contributed by atoms with Crippen molar-refractivity contribution >= 4 is 28.8 Å². The van der Waals surface area contributed by atoms with E-state index >= 15 is 0 Å². The van der Waals surface area contributed by atoms with Gasteiger partial charge in [0.15, 0.2) is 0 Å². The minimum absolute atomic E-state index is 1.14. The van der Waals surface area contributed by atoms with E-state index in [0.717, 1.165) is 11.3 Å². The predicted molar refractivity (Wildman–Crippen MR) is 199 cm³/mol. The first-order valence-electron chi connectivity index (χ1n) is 16.6. The van der Waals surface area contributed by atoms with Crippen molar-refractivity contribution in [1.29, 1.82) is 0 Å². The lowest BCUT2D eigenvalue weighted by molar-refractivity contribution is 0.556. The number of hydrogen-bond donors (Lipinski definition) is 2. The molecule has 4 rings (SSSR count).